The highest BCUT2D eigenvalue weighted by atomic mass is 32.2. The van der Waals surface area contributed by atoms with Gasteiger partial charge in [-0.2, -0.15) is 0 Å². The molecule has 3 rings (SSSR count). The molecule has 24 heavy (non-hydrogen) atoms. The van der Waals surface area contributed by atoms with Gasteiger partial charge in [0, 0.05) is 29.9 Å². The molecule has 6 heteroatoms. The molecule has 0 saturated carbocycles. The predicted molar refractivity (Wildman–Crippen MR) is 97.8 cm³/mol. The lowest BCUT2D eigenvalue weighted by atomic mass is 9.99. The molecule has 0 radical (unpaired) electrons. The van der Waals surface area contributed by atoms with Gasteiger partial charge >= 0.3 is 0 Å². The maximum Gasteiger partial charge on any atom is 0.258 e. The van der Waals surface area contributed by atoms with E-state index in [0.717, 1.165) is 28.3 Å². The predicted octanol–water partition coefficient (Wildman–Crippen LogP) is 2.89. The topological polar surface area (TPSA) is 68.2 Å². The Bertz CT molecular complexity index is 1100. The average molecular weight is 342 g/mol. The van der Waals surface area contributed by atoms with E-state index in [1.807, 2.05) is 31.2 Å². The third kappa shape index (κ3) is 3.19. The Morgan fingerprint density at radius 2 is 1.79 bits per heavy atom. The fourth-order valence-electron chi connectivity index (χ4n) is 2.77. The van der Waals surface area contributed by atoms with Crippen LogP contribution in [0.2, 0.25) is 0 Å². The highest BCUT2D eigenvalue weighted by Crippen LogP contribution is 2.29. The van der Waals surface area contributed by atoms with Gasteiger partial charge in [0.1, 0.15) is 0 Å². The van der Waals surface area contributed by atoms with Crippen LogP contribution in [0, 0.1) is 6.92 Å². The Labute approximate surface area is 140 Å². The van der Waals surface area contributed by atoms with Crippen molar-refractivity contribution in [1.82, 2.24) is 4.57 Å². The summed E-state index contributed by atoms with van der Waals surface area (Å²) in [4.78, 5) is 12.3. The molecule has 1 heterocycles. The molecule has 5 nitrogen and oxygen atoms in total. The number of pyridine rings is 1. The van der Waals surface area contributed by atoms with E-state index in [9.17, 15) is 13.2 Å². The molecule has 3 aromatic rings. The number of aryl methyl sites for hydroxylation is 2. The summed E-state index contributed by atoms with van der Waals surface area (Å²) >= 11 is 0. The van der Waals surface area contributed by atoms with Crippen molar-refractivity contribution in [2.75, 3.05) is 11.0 Å². The van der Waals surface area contributed by atoms with Crippen molar-refractivity contribution in [3.63, 3.8) is 0 Å². The molecule has 1 aromatic heterocycles. The van der Waals surface area contributed by atoms with Gasteiger partial charge in [0.2, 0.25) is 10.0 Å². The molecule has 2 aromatic carbocycles. The quantitative estimate of drug-likeness (QED) is 0.796. The van der Waals surface area contributed by atoms with Gasteiger partial charge < -0.3 is 4.57 Å². The summed E-state index contributed by atoms with van der Waals surface area (Å²) in [5.74, 6) is 0. The average Bonchev–Trinajstić information content (AvgIpc) is 2.49. The van der Waals surface area contributed by atoms with Crippen molar-refractivity contribution >= 4 is 26.5 Å². The molecule has 124 valence electrons. The Hall–Kier alpha value is -2.60. The Kier molecular flexibility index (Phi) is 3.93. The molecular weight excluding hydrogens is 324 g/mol. The lowest BCUT2D eigenvalue weighted by molar-refractivity contribution is 0.607. The number of sulfonamides is 1. The molecule has 0 atom stereocenters. The normalized spacial score (nSPS) is 11.6. The van der Waals surface area contributed by atoms with E-state index >= 15 is 0 Å². The van der Waals surface area contributed by atoms with Crippen LogP contribution in [0.25, 0.3) is 21.9 Å². The Morgan fingerprint density at radius 3 is 2.50 bits per heavy atom. The van der Waals surface area contributed by atoms with Gasteiger partial charge in [0.25, 0.3) is 5.56 Å². The lowest BCUT2D eigenvalue weighted by Gasteiger charge is -2.12. The molecule has 0 aliphatic carbocycles. The molecule has 0 bridgehead atoms. The fourth-order valence-corrected chi connectivity index (χ4v) is 3.33. The molecule has 0 saturated heterocycles. The van der Waals surface area contributed by atoms with Crippen LogP contribution < -0.4 is 10.3 Å². The summed E-state index contributed by atoms with van der Waals surface area (Å²) < 4.78 is 26.9. The van der Waals surface area contributed by atoms with Crippen LogP contribution in [0.1, 0.15) is 5.56 Å². The molecule has 1 N–H and O–H groups in total. The van der Waals surface area contributed by atoms with Gasteiger partial charge in [-0.25, -0.2) is 8.42 Å². The largest absolute Gasteiger partial charge is 0.317 e. The Balaban J connectivity index is 2.27. The van der Waals surface area contributed by atoms with Crippen molar-refractivity contribution in [1.29, 1.82) is 0 Å². The molecule has 0 aliphatic heterocycles. The first-order valence-corrected chi connectivity index (χ1v) is 9.32. The number of hydrogen-bond donors (Lipinski definition) is 1. The second-order valence-electron chi connectivity index (χ2n) is 5.96. The molecule has 0 spiro atoms. The number of benzene rings is 2. The van der Waals surface area contributed by atoms with Gasteiger partial charge in [0.05, 0.1) is 6.26 Å². The smallest absolute Gasteiger partial charge is 0.258 e. The van der Waals surface area contributed by atoms with Gasteiger partial charge in [0.15, 0.2) is 0 Å². The van der Waals surface area contributed by atoms with E-state index in [0.29, 0.717) is 11.1 Å². The molecule has 0 fully saturated rings. The van der Waals surface area contributed by atoms with Crippen molar-refractivity contribution in [2.45, 2.75) is 6.92 Å². The summed E-state index contributed by atoms with van der Waals surface area (Å²) in [5, 5.41) is 1.50. The number of nitrogens with one attached hydrogen (secondary N) is 1. The first-order chi connectivity index (χ1) is 11.2. The van der Waals surface area contributed by atoms with Crippen molar-refractivity contribution in [3.05, 3.63) is 64.6 Å². The lowest BCUT2D eigenvalue weighted by Crippen LogP contribution is -2.16. The van der Waals surface area contributed by atoms with E-state index in [4.69, 9.17) is 0 Å². The van der Waals surface area contributed by atoms with Gasteiger partial charge in [-0.3, -0.25) is 9.52 Å². The zero-order chi connectivity index (χ0) is 17.5. The first-order valence-electron chi connectivity index (χ1n) is 7.43. The zero-order valence-corrected chi connectivity index (χ0v) is 14.5. The molecular formula is C18H18N2O3S. The van der Waals surface area contributed by atoms with E-state index < -0.39 is 10.0 Å². The highest BCUT2D eigenvalue weighted by Gasteiger charge is 2.10. The van der Waals surface area contributed by atoms with Crippen LogP contribution in [0.15, 0.2) is 53.5 Å². The van der Waals surface area contributed by atoms with E-state index in [2.05, 4.69) is 4.72 Å². The number of aromatic nitrogens is 1. The summed E-state index contributed by atoms with van der Waals surface area (Å²) in [6, 6.07) is 12.9. The van der Waals surface area contributed by atoms with Crippen LogP contribution in [0.4, 0.5) is 5.69 Å². The minimum Gasteiger partial charge on any atom is -0.317 e. The third-order valence-electron chi connectivity index (χ3n) is 3.82. The number of nitrogens with zero attached hydrogens (tertiary/aromatic N) is 1. The molecule has 0 aliphatic rings. The SMILES string of the molecule is Cc1ccc2c(=O)n(C)cc(-c3cccc(NS(C)(=O)=O)c3)c2c1. The van der Waals surface area contributed by atoms with Crippen molar-refractivity contribution in [2.24, 2.45) is 7.05 Å². The summed E-state index contributed by atoms with van der Waals surface area (Å²) in [7, 11) is -1.63. The van der Waals surface area contributed by atoms with E-state index in [-0.39, 0.29) is 5.56 Å². The van der Waals surface area contributed by atoms with E-state index in [1.165, 1.54) is 0 Å². The van der Waals surface area contributed by atoms with Gasteiger partial charge in [-0.1, -0.05) is 29.8 Å². The maximum atomic E-state index is 12.3. The summed E-state index contributed by atoms with van der Waals surface area (Å²) in [6.07, 6.45) is 2.90. The second-order valence-corrected chi connectivity index (χ2v) is 7.71. The third-order valence-corrected chi connectivity index (χ3v) is 4.42. The van der Waals surface area contributed by atoms with Gasteiger partial charge in [-0.05, 0) is 36.1 Å². The number of fused-ring (bicyclic) bond motifs is 1. The minimum atomic E-state index is -3.35. The molecule has 0 unspecified atom stereocenters. The van der Waals surface area contributed by atoms with Crippen LogP contribution in [-0.2, 0) is 17.1 Å². The second kappa shape index (κ2) is 5.79. The van der Waals surface area contributed by atoms with Crippen molar-refractivity contribution in [3.8, 4) is 11.1 Å². The number of rotatable bonds is 3. The summed E-state index contributed by atoms with van der Waals surface area (Å²) in [6.45, 7) is 1.97. The fraction of sp³-hybridized carbons (Fsp3) is 0.167. The minimum absolute atomic E-state index is 0.0563. The monoisotopic (exact) mass is 342 g/mol. The molecule has 0 amide bonds. The highest BCUT2D eigenvalue weighted by molar-refractivity contribution is 7.92. The van der Waals surface area contributed by atoms with Crippen LogP contribution in [0.3, 0.4) is 0 Å². The first kappa shape index (κ1) is 16.3. The van der Waals surface area contributed by atoms with Crippen LogP contribution >= 0.6 is 0 Å². The standard InChI is InChI=1S/C18H18N2O3S/c1-12-7-8-15-16(9-12)17(11-20(2)18(15)21)13-5-4-6-14(10-13)19-24(3,22)23/h4-11,19H,1-3H3. The van der Waals surface area contributed by atoms with Crippen LogP contribution in [-0.4, -0.2) is 19.2 Å². The maximum absolute atomic E-state index is 12.3. The summed E-state index contributed by atoms with van der Waals surface area (Å²) in [5.41, 5.74) is 3.22. The zero-order valence-electron chi connectivity index (χ0n) is 13.7. The number of hydrogen-bond acceptors (Lipinski definition) is 3. The van der Waals surface area contributed by atoms with Crippen LogP contribution in [0.5, 0.6) is 0 Å². The number of anilines is 1. The van der Waals surface area contributed by atoms with E-state index in [1.54, 1.807) is 36.0 Å². The van der Waals surface area contributed by atoms with Gasteiger partial charge in [-0.15, -0.1) is 0 Å². The van der Waals surface area contributed by atoms with Crippen molar-refractivity contribution < 1.29 is 8.42 Å². The Morgan fingerprint density at radius 1 is 1.04 bits per heavy atom.